The first kappa shape index (κ1) is 17.2. The van der Waals surface area contributed by atoms with E-state index in [2.05, 4.69) is 29.8 Å². The molecule has 0 aliphatic carbocycles. The van der Waals surface area contributed by atoms with E-state index in [1.54, 1.807) is 7.11 Å². The lowest BCUT2D eigenvalue weighted by atomic mass is 10.1. The highest BCUT2D eigenvalue weighted by Crippen LogP contribution is 2.19. The van der Waals surface area contributed by atoms with Gasteiger partial charge in [0.25, 0.3) is 5.91 Å². The molecular weight excluding hydrogens is 318 g/mol. The lowest BCUT2D eigenvalue weighted by molar-refractivity contribution is 0.0589. The molecule has 0 heterocycles. The lowest BCUT2D eigenvalue weighted by Gasteiger charge is -2.30. The zero-order valence-corrected chi connectivity index (χ0v) is 14.4. The predicted molar refractivity (Wildman–Crippen MR) is 86.2 cm³/mol. The molecule has 4 heteroatoms. The standard InChI is InChI=1S/C16H24BrNO2/c1-5-15(6-2)18(7-8-20-4)16(19)13-9-12(3)10-14(17)11-13/h9-11,15H,5-8H2,1-4H3. The maximum atomic E-state index is 12.8. The van der Waals surface area contributed by atoms with Crippen LogP contribution < -0.4 is 0 Å². The van der Waals surface area contributed by atoms with E-state index in [1.807, 2.05) is 30.0 Å². The first-order valence-corrected chi connectivity index (χ1v) is 7.89. The summed E-state index contributed by atoms with van der Waals surface area (Å²) in [4.78, 5) is 14.7. The molecule has 1 aromatic carbocycles. The summed E-state index contributed by atoms with van der Waals surface area (Å²) in [5.74, 6) is 0.0835. The number of halogens is 1. The molecule has 0 aliphatic heterocycles. The van der Waals surface area contributed by atoms with Crippen LogP contribution in [0.5, 0.6) is 0 Å². The molecule has 0 aromatic heterocycles. The van der Waals surface area contributed by atoms with Crippen molar-refractivity contribution in [2.75, 3.05) is 20.3 Å². The average molecular weight is 342 g/mol. The predicted octanol–water partition coefficient (Wildman–Crippen LogP) is 4.03. The van der Waals surface area contributed by atoms with E-state index < -0.39 is 0 Å². The van der Waals surface area contributed by atoms with Gasteiger partial charge < -0.3 is 9.64 Å². The number of methoxy groups -OCH3 is 1. The largest absolute Gasteiger partial charge is 0.383 e. The fourth-order valence-electron chi connectivity index (χ4n) is 2.39. The normalized spacial score (nSPS) is 10.9. The van der Waals surface area contributed by atoms with Crippen LogP contribution in [0.3, 0.4) is 0 Å². The number of benzene rings is 1. The topological polar surface area (TPSA) is 29.5 Å². The SMILES string of the molecule is CCC(CC)N(CCOC)C(=O)c1cc(C)cc(Br)c1. The molecule has 0 fully saturated rings. The van der Waals surface area contributed by atoms with E-state index in [0.717, 1.165) is 28.4 Å². The number of hydrogen-bond donors (Lipinski definition) is 0. The van der Waals surface area contributed by atoms with Crippen molar-refractivity contribution in [2.24, 2.45) is 0 Å². The van der Waals surface area contributed by atoms with Gasteiger partial charge in [0.15, 0.2) is 0 Å². The van der Waals surface area contributed by atoms with Crippen LogP contribution in [0, 0.1) is 6.92 Å². The third kappa shape index (κ3) is 4.60. The summed E-state index contributed by atoms with van der Waals surface area (Å²) in [5, 5.41) is 0. The van der Waals surface area contributed by atoms with Crippen molar-refractivity contribution < 1.29 is 9.53 Å². The van der Waals surface area contributed by atoms with Crippen LogP contribution >= 0.6 is 15.9 Å². The Hall–Kier alpha value is -0.870. The molecule has 0 N–H and O–H groups in total. The fourth-order valence-corrected chi connectivity index (χ4v) is 3.00. The summed E-state index contributed by atoms with van der Waals surface area (Å²) in [6, 6.07) is 6.09. The molecular formula is C16H24BrNO2. The highest BCUT2D eigenvalue weighted by molar-refractivity contribution is 9.10. The lowest BCUT2D eigenvalue weighted by Crippen LogP contribution is -2.41. The molecule has 0 bridgehead atoms. The molecule has 0 saturated carbocycles. The molecule has 0 unspecified atom stereocenters. The number of aryl methyl sites for hydroxylation is 1. The molecule has 0 aliphatic rings. The van der Waals surface area contributed by atoms with Crippen LogP contribution in [0.25, 0.3) is 0 Å². The number of amides is 1. The van der Waals surface area contributed by atoms with E-state index in [-0.39, 0.29) is 11.9 Å². The van der Waals surface area contributed by atoms with Crippen molar-refractivity contribution in [1.29, 1.82) is 0 Å². The summed E-state index contributed by atoms with van der Waals surface area (Å²) >= 11 is 3.46. The van der Waals surface area contributed by atoms with E-state index >= 15 is 0 Å². The van der Waals surface area contributed by atoms with Gasteiger partial charge in [-0.2, -0.15) is 0 Å². The Labute approximate surface area is 130 Å². The third-order valence-electron chi connectivity index (χ3n) is 3.47. The Bertz CT molecular complexity index is 424. The molecule has 1 rings (SSSR count). The van der Waals surface area contributed by atoms with Gasteiger partial charge in [0.1, 0.15) is 0 Å². The Morgan fingerprint density at radius 1 is 1.30 bits per heavy atom. The van der Waals surface area contributed by atoms with Crippen molar-refractivity contribution in [1.82, 2.24) is 4.90 Å². The molecule has 0 saturated heterocycles. The average Bonchev–Trinajstić information content (AvgIpc) is 2.41. The fraction of sp³-hybridized carbons (Fsp3) is 0.562. The summed E-state index contributed by atoms with van der Waals surface area (Å²) in [6.45, 7) is 7.43. The first-order chi connectivity index (χ1) is 9.53. The summed E-state index contributed by atoms with van der Waals surface area (Å²) in [7, 11) is 1.67. The van der Waals surface area contributed by atoms with Gasteiger partial charge in [-0.1, -0.05) is 29.8 Å². The van der Waals surface area contributed by atoms with Gasteiger partial charge in [-0.15, -0.1) is 0 Å². The number of ether oxygens (including phenoxy) is 1. The van der Waals surface area contributed by atoms with E-state index in [9.17, 15) is 4.79 Å². The van der Waals surface area contributed by atoms with Gasteiger partial charge in [-0.3, -0.25) is 4.79 Å². The van der Waals surface area contributed by atoms with Gasteiger partial charge in [-0.25, -0.2) is 0 Å². The Balaban J connectivity index is 3.02. The Morgan fingerprint density at radius 2 is 1.95 bits per heavy atom. The zero-order valence-electron chi connectivity index (χ0n) is 12.8. The second-order valence-electron chi connectivity index (χ2n) is 4.98. The third-order valence-corrected chi connectivity index (χ3v) is 3.93. The Morgan fingerprint density at radius 3 is 2.45 bits per heavy atom. The van der Waals surface area contributed by atoms with Crippen molar-refractivity contribution in [3.8, 4) is 0 Å². The van der Waals surface area contributed by atoms with E-state index in [1.165, 1.54) is 0 Å². The quantitative estimate of drug-likeness (QED) is 0.749. The van der Waals surface area contributed by atoms with Crippen molar-refractivity contribution in [3.05, 3.63) is 33.8 Å². The smallest absolute Gasteiger partial charge is 0.254 e. The molecule has 0 radical (unpaired) electrons. The van der Waals surface area contributed by atoms with Crippen molar-refractivity contribution in [2.45, 2.75) is 39.7 Å². The zero-order chi connectivity index (χ0) is 15.1. The maximum Gasteiger partial charge on any atom is 0.254 e. The summed E-state index contributed by atoms with van der Waals surface area (Å²) < 4.78 is 6.08. The molecule has 1 amide bonds. The highest BCUT2D eigenvalue weighted by Gasteiger charge is 2.22. The number of carbonyl (C=O) groups excluding carboxylic acids is 1. The van der Waals surface area contributed by atoms with Gasteiger partial charge in [0.2, 0.25) is 0 Å². The molecule has 1 aromatic rings. The Kier molecular flexibility index (Phi) is 7.24. The molecule has 20 heavy (non-hydrogen) atoms. The van der Waals surface area contributed by atoms with Crippen molar-refractivity contribution >= 4 is 21.8 Å². The van der Waals surface area contributed by atoms with Gasteiger partial charge in [0, 0.05) is 29.7 Å². The number of nitrogens with zero attached hydrogens (tertiary/aromatic N) is 1. The minimum absolute atomic E-state index is 0.0835. The molecule has 0 atom stereocenters. The van der Waals surface area contributed by atoms with Crippen LogP contribution in [0.4, 0.5) is 0 Å². The molecule has 3 nitrogen and oxygen atoms in total. The minimum Gasteiger partial charge on any atom is -0.383 e. The maximum absolute atomic E-state index is 12.8. The van der Waals surface area contributed by atoms with Gasteiger partial charge >= 0.3 is 0 Å². The minimum atomic E-state index is 0.0835. The number of carbonyl (C=O) groups is 1. The van der Waals surface area contributed by atoms with Crippen molar-refractivity contribution in [3.63, 3.8) is 0 Å². The first-order valence-electron chi connectivity index (χ1n) is 7.10. The van der Waals surface area contributed by atoms with Crippen LogP contribution in [0.15, 0.2) is 22.7 Å². The molecule has 0 spiro atoms. The van der Waals surface area contributed by atoms with Crippen LogP contribution in [-0.2, 0) is 4.74 Å². The highest BCUT2D eigenvalue weighted by atomic mass is 79.9. The monoisotopic (exact) mass is 341 g/mol. The van der Waals surface area contributed by atoms with E-state index in [0.29, 0.717) is 13.2 Å². The van der Waals surface area contributed by atoms with Crippen LogP contribution in [-0.4, -0.2) is 37.1 Å². The second-order valence-corrected chi connectivity index (χ2v) is 5.89. The van der Waals surface area contributed by atoms with Gasteiger partial charge in [-0.05, 0) is 43.5 Å². The van der Waals surface area contributed by atoms with E-state index in [4.69, 9.17) is 4.74 Å². The molecule has 112 valence electrons. The van der Waals surface area contributed by atoms with Gasteiger partial charge in [0.05, 0.1) is 6.61 Å². The van der Waals surface area contributed by atoms with Crippen LogP contribution in [0.1, 0.15) is 42.6 Å². The second kappa shape index (κ2) is 8.42. The number of hydrogen-bond acceptors (Lipinski definition) is 2. The number of rotatable bonds is 7. The van der Waals surface area contributed by atoms with Crippen LogP contribution in [0.2, 0.25) is 0 Å². The summed E-state index contributed by atoms with van der Waals surface area (Å²) in [5.41, 5.74) is 1.82. The summed E-state index contributed by atoms with van der Waals surface area (Å²) in [6.07, 6.45) is 1.91.